The second-order valence-corrected chi connectivity index (χ2v) is 8.11. The molecule has 0 saturated heterocycles. The Bertz CT molecular complexity index is 1160. The lowest BCUT2D eigenvalue weighted by Crippen LogP contribution is -2.34. The standard InChI is InChI=1S/C24H22FN3O2/c1-14-7-8-16(12-20(14)25)13-28-21-6-4-3-5-18(21)15(2)11-19(24(28)29)23-27-26-22(30-23)17-9-10-17/h3-8,11-12,17,19H,9-10,13H2,1-2H3. The molecule has 1 aliphatic heterocycles. The van der Waals surface area contributed by atoms with E-state index < -0.39 is 5.92 Å². The van der Waals surface area contributed by atoms with Gasteiger partial charge in [0, 0.05) is 11.5 Å². The Kier molecular flexibility index (Phi) is 4.50. The number of para-hydroxylation sites is 1. The number of allylic oxidation sites excluding steroid dienone is 1. The topological polar surface area (TPSA) is 59.2 Å². The highest BCUT2D eigenvalue weighted by Crippen LogP contribution is 2.41. The molecular formula is C24H22FN3O2. The third kappa shape index (κ3) is 3.32. The fourth-order valence-electron chi connectivity index (χ4n) is 3.86. The van der Waals surface area contributed by atoms with Gasteiger partial charge in [0.15, 0.2) is 0 Å². The Morgan fingerprint density at radius 3 is 2.63 bits per heavy atom. The van der Waals surface area contributed by atoms with Crippen LogP contribution in [0.25, 0.3) is 5.57 Å². The van der Waals surface area contributed by atoms with Crippen LogP contribution >= 0.6 is 0 Å². The molecule has 1 fully saturated rings. The zero-order valence-corrected chi connectivity index (χ0v) is 16.9. The highest BCUT2D eigenvalue weighted by molar-refractivity contribution is 6.03. The third-order valence-electron chi connectivity index (χ3n) is 5.79. The van der Waals surface area contributed by atoms with Crippen LogP contribution in [-0.4, -0.2) is 16.1 Å². The fourth-order valence-corrected chi connectivity index (χ4v) is 3.86. The summed E-state index contributed by atoms with van der Waals surface area (Å²) in [5, 5.41) is 8.35. The molecule has 5 nitrogen and oxygen atoms in total. The molecule has 1 saturated carbocycles. The molecule has 0 bridgehead atoms. The van der Waals surface area contributed by atoms with E-state index in [1.54, 1.807) is 17.9 Å². The minimum Gasteiger partial charge on any atom is -0.424 e. The van der Waals surface area contributed by atoms with Gasteiger partial charge < -0.3 is 9.32 Å². The van der Waals surface area contributed by atoms with E-state index in [0.29, 0.717) is 23.3 Å². The highest BCUT2D eigenvalue weighted by Gasteiger charge is 2.36. The molecule has 1 atom stereocenters. The molecule has 2 aliphatic rings. The van der Waals surface area contributed by atoms with Crippen molar-refractivity contribution in [2.24, 2.45) is 0 Å². The van der Waals surface area contributed by atoms with Gasteiger partial charge in [-0.05, 0) is 55.5 Å². The van der Waals surface area contributed by atoms with Crippen molar-refractivity contribution in [1.29, 1.82) is 0 Å². The second-order valence-electron chi connectivity index (χ2n) is 8.11. The van der Waals surface area contributed by atoms with Crippen LogP contribution in [0.2, 0.25) is 0 Å². The van der Waals surface area contributed by atoms with E-state index in [0.717, 1.165) is 35.2 Å². The summed E-state index contributed by atoms with van der Waals surface area (Å²) in [5.41, 5.74) is 4.02. The fraction of sp³-hybridized carbons (Fsp3) is 0.292. The molecule has 30 heavy (non-hydrogen) atoms. The first-order valence-electron chi connectivity index (χ1n) is 10.2. The van der Waals surface area contributed by atoms with Gasteiger partial charge in [0.25, 0.3) is 0 Å². The van der Waals surface area contributed by atoms with Crippen molar-refractivity contribution in [1.82, 2.24) is 10.2 Å². The number of aryl methyl sites for hydroxylation is 1. The van der Waals surface area contributed by atoms with Gasteiger partial charge in [0.05, 0.1) is 12.2 Å². The molecule has 6 heteroatoms. The number of hydrogen-bond acceptors (Lipinski definition) is 4. The summed E-state index contributed by atoms with van der Waals surface area (Å²) >= 11 is 0. The van der Waals surface area contributed by atoms with Crippen LogP contribution in [0.15, 0.2) is 53.0 Å². The van der Waals surface area contributed by atoms with Gasteiger partial charge >= 0.3 is 0 Å². The van der Waals surface area contributed by atoms with Crippen LogP contribution in [0, 0.1) is 12.7 Å². The summed E-state index contributed by atoms with van der Waals surface area (Å²) in [4.78, 5) is 15.4. The third-order valence-corrected chi connectivity index (χ3v) is 5.79. The summed E-state index contributed by atoms with van der Waals surface area (Å²) in [6.45, 7) is 3.96. The van der Waals surface area contributed by atoms with Gasteiger partial charge in [-0.15, -0.1) is 10.2 Å². The van der Waals surface area contributed by atoms with E-state index in [1.165, 1.54) is 6.07 Å². The van der Waals surface area contributed by atoms with Crippen LogP contribution < -0.4 is 4.90 Å². The Labute approximate surface area is 174 Å². The van der Waals surface area contributed by atoms with Crippen molar-refractivity contribution >= 4 is 17.2 Å². The van der Waals surface area contributed by atoms with Crippen molar-refractivity contribution in [2.45, 2.75) is 45.1 Å². The number of hydrogen-bond donors (Lipinski definition) is 0. The lowest BCUT2D eigenvalue weighted by atomic mass is 10.0. The van der Waals surface area contributed by atoms with E-state index in [4.69, 9.17) is 4.42 Å². The summed E-state index contributed by atoms with van der Waals surface area (Å²) in [6, 6.07) is 12.8. The molecule has 152 valence electrons. The zero-order valence-electron chi connectivity index (χ0n) is 16.9. The summed E-state index contributed by atoms with van der Waals surface area (Å²) in [6.07, 6.45) is 3.98. The Morgan fingerprint density at radius 2 is 1.87 bits per heavy atom. The molecule has 1 aromatic heterocycles. The molecule has 2 heterocycles. The maximum absolute atomic E-state index is 14.1. The molecular weight excluding hydrogens is 381 g/mol. The first-order valence-corrected chi connectivity index (χ1v) is 10.2. The number of carbonyl (C=O) groups is 1. The minimum atomic E-state index is -0.673. The second kappa shape index (κ2) is 7.20. The number of benzene rings is 2. The Hall–Kier alpha value is -3.28. The lowest BCUT2D eigenvalue weighted by Gasteiger charge is -2.25. The van der Waals surface area contributed by atoms with E-state index in [-0.39, 0.29) is 18.3 Å². The molecule has 2 aromatic carbocycles. The maximum atomic E-state index is 14.1. The molecule has 0 radical (unpaired) electrons. The number of nitrogens with zero attached hydrogens (tertiary/aromatic N) is 3. The number of fused-ring (bicyclic) bond motifs is 1. The molecule has 5 rings (SSSR count). The number of carbonyl (C=O) groups excluding carboxylic acids is 1. The van der Waals surface area contributed by atoms with Crippen molar-refractivity contribution in [3.63, 3.8) is 0 Å². The smallest absolute Gasteiger partial charge is 0.243 e. The highest BCUT2D eigenvalue weighted by atomic mass is 19.1. The SMILES string of the molecule is CC1=CC(c2nnc(C3CC3)o2)C(=O)N(Cc2ccc(C)c(F)c2)c2ccccc21. The monoisotopic (exact) mass is 403 g/mol. The molecule has 0 spiro atoms. The molecule has 1 amide bonds. The Morgan fingerprint density at radius 1 is 1.10 bits per heavy atom. The minimum absolute atomic E-state index is 0.161. The summed E-state index contributed by atoms with van der Waals surface area (Å²) in [7, 11) is 0. The average Bonchev–Trinajstić information content (AvgIpc) is 3.50. The van der Waals surface area contributed by atoms with Gasteiger partial charge in [0.1, 0.15) is 11.7 Å². The normalized spacial score (nSPS) is 18.8. The zero-order chi connectivity index (χ0) is 20.8. The summed E-state index contributed by atoms with van der Waals surface area (Å²) < 4.78 is 20.0. The van der Waals surface area contributed by atoms with Gasteiger partial charge in [-0.25, -0.2) is 4.39 Å². The number of halogens is 1. The van der Waals surface area contributed by atoms with Gasteiger partial charge in [-0.2, -0.15) is 0 Å². The lowest BCUT2D eigenvalue weighted by molar-refractivity contribution is -0.119. The number of anilines is 1. The summed E-state index contributed by atoms with van der Waals surface area (Å²) in [5.74, 6) is 0.131. The van der Waals surface area contributed by atoms with Gasteiger partial charge in [-0.3, -0.25) is 4.79 Å². The first kappa shape index (κ1) is 18.7. The predicted molar refractivity (Wildman–Crippen MR) is 111 cm³/mol. The van der Waals surface area contributed by atoms with Crippen LogP contribution in [0.3, 0.4) is 0 Å². The number of amides is 1. The van der Waals surface area contributed by atoms with Crippen LogP contribution in [0.4, 0.5) is 10.1 Å². The largest absolute Gasteiger partial charge is 0.424 e. The first-order chi connectivity index (χ1) is 14.5. The Balaban J connectivity index is 1.57. The van der Waals surface area contributed by atoms with Gasteiger partial charge in [-0.1, -0.05) is 36.4 Å². The van der Waals surface area contributed by atoms with Crippen LogP contribution in [-0.2, 0) is 11.3 Å². The molecule has 3 aromatic rings. The van der Waals surface area contributed by atoms with Gasteiger partial charge in [0.2, 0.25) is 17.7 Å². The number of rotatable bonds is 4. The number of aromatic nitrogens is 2. The van der Waals surface area contributed by atoms with Crippen molar-refractivity contribution in [3.05, 3.63) is 82.8 Å². The molecule has 1 unspecified atom stereocenters. The van der Waals surface area contributed by atoms with Crippen LogP contribution in [0.1, 0.15) is 60.1 Å². The predicted octanol–water partition coefficient (Wildman–Crippen LogP) is 5.13. The van der Waals surface area contributed by atoms with Crippen molar-refractivity contribution in [2.75, 3.05) is 4.90 Å². The van der Waals surface area contributed by atoms with E-state index in [2.05, 4.69) is 10.2 Å². The molecule has 0 N–H and O–H groups in total. The van der Waals surface area contributed by atoms with Crippen molar-refractivity contribution in [3.8, 4) is 0 Å². The van der Waals surface area contributed by atoms with Crippen LogP contribution in [0.5, 0.6) is 0 Å². The van der Waals surface area contributed by atoms with E-state index >= 15 is 0 Å². The van der Waals surface area contributed by atoms with Crippen molar-refractivity contribution < 1.29 is 13.6 Å². The molecule has 1 aliphatic carbocycles. The van der Waals surface area contributed by atoms with E-state index in [1.807, 2.05) is 43.3 Å². The quantitative estimate of drug-likeness (QED) is 0.606. The average molecular weight is 403 g/mol. The maximum Gasteiger partial charge on any atom is 0.243 e. The van der Waals surface area contributed by atoms with E-state index in [9.17, 15) is 9.18 Å².